The van der Waals surface area contributed by atoms with Crippen LogP contribution in [0.2, 0.25) is 0 Å². The van der Waals surface area contributed by atoms with E-state index in [2.05, 4.69) is 4.40 Å². The number of benzene rings is 2. The molecule has 0 N–H and O–H groups in total. The van der Waals surface area contributed by atoms with Crippen molar-refractivity contribution >= 4 is 34.9 Å². The van der Waals surface area contributed by atoms with Crippen molar-refractivity contribution in [2.75, 3.05) is 7.11 Å². The van der Waals surface area contributed by atoms with E-state index in [4.69, 9.17) is 4.74 Å². The predicted octanol–water partition coefficient (Wildman–Crippen LogP) is 5.52. The smallest absolute Gasteiger partial charge is 0.416 e. The standard InChI is InChI=1S/C20H20F3NO3S2/c1-19(2,3)29(26)24-12-13-11-14(20(21,22)23)9-10-16(13)28-17-8-6-5-7-15(17)18(25)27-4/h5-12H,1-4H3/b24-12+. The van der Waals surface area contributed by atoms with E-state index in [1.807, 2.05) is 0 Å². The van der Waals surface area contributed by atoms with Crippen LogP contribution in [0.5, 0.6) is 0 Å². The molecule has 0 fully saturated rings. The van der Waals surface area contributed by atoms with Gasteiger partial charge in [0.25, 0.3) is 0 Å². The van der Waals surface area contributed by atoms with Crippen molar-refractivity contribution in [3.63, 3.8) is 0 Å². The van der Waals surface area contributed by atoms with Gasteiger partial charge in [-0.3, -0.25) is 0 Å². The Hall–Kier alpha value is -2.13. The molecule has 0 saturated heterocycles. The van der Waals surface area contributed by atoms with Crippen LogP contribution >= 0.6 is 11.8 Å². The molecule has 0 saturated carbocycles. The topological polar surface area (TPSA) is 55.7 Å². The van der Waals surface area contributed by atoms with Crippen LogP contribution in [0.4, 0.5) is 13.2 Å². The minimum Gasteiger partial charge on any atom is -0.465 e. The third-order valence-electron chi connectivity index (χ3n) is 3.66. The molecule has 0 radical (unpaired) electrons. The van der Waals surface area contributed by atoms with Gasteiger partial charge in [0.2, 0.25) is 0 Å². The minimum absolute atomic E-state index is 0.155. The van der Waals surface area contributed by atoms with Gasteiger partial charge in [-0.15, -0.1) is 0 Å². The lowest BCUT2D eigenvalue weighted by Gasteiger charge is -2.14. The number of carbonyl (C=O) groups excluding carboxylic acids is 1. The zero-order valence-corrected chi connectivity index (χ0v) is 17.9. The second-order valence-electron chi connectivity index (χ2n) is 6.94. The van der Waals surface area contributed by atoms with Crippen LogP contribution in [-0.2, 0) is 21.9 Å². The average Bonchev–Trinajstić information content (AvgIpc) is 2.65. The van der Waals surface area contributed by atoms with E-state index >= 15 is 0 Å². The molecule has 9 heteroatoms. The molecular weight excluding hydrogens is 423 g/mol. The molecule has 0 aliphatic heterocycles. The van der Waals surface area contributed by atoms with Gasteiger partial charge < -0.3 is 4.74 Å². The molecule has 0 spiro atoms. The largest absolute Gasteiger partial charge is 0.465 e. The molecule has 156 valence electrons. The minimum atomic E-state index is -4.53. The van der Waals surface area contributed by atoms with E-state index in [0.717, 1.165) is 23.9 Å². The maximum absolute atomic E-state index is 13.2. The normalized spacial score (nSPS) is 13.5. The van der Waals surface area contributed by atoms with Gasteiger partial charge in [0.15, 0.2) is 0 Å². The molecule has 0 aliphatic rings. The first-order valence-electron chi connectivity index (χ1n) is 8.46. The van der Waals surface area contributed by atoms with Gasteiger partial charge in [-0.2, -0.15) is 17.6 Å². The zero-order chi connectivity index (χ0) is 21.8. The molecule has 2 aromatic carbocycles. The van der Waals surface area contributed by atoms with Gasteiger partial charge >= 0.3 is 12.1 Å². The Morgan fingerprint density at radius 1 is 1.10 bits per heavy atom. The van der Waals surface area contributed by atoms with Gasteiger partial charge in [0.1, 0.15) is 11.0 Å². The van der Waals surface area contributed by atoms with Crippen LogP contribution in [0.25, 0.3) is 0 Å². The van der Waals surface area contributed by atoms with Crippen molar-refractivity contribution in [3.8, 4) is 0 Å². The summed E-state index contributed by atoms with van der Waals surface area (Å²) in [7, 11) is -0.377. The summed E-state index contributed by atoms with van der Waals surface area (Å²) in [5.41, 5.74) is -0.394. The Morgan fingerprint density at radius 3 is 2.34 bits per heavy atom. The average molecular weight is 444 g/mol. The van der Waals surface area contributed by atoms with Gasteiger partial charge in [0, 0.05) is 21.6 Å². The summed E-state index contributed by atoms with van der Waals surface area (Å²) in [6.07, 6.45) is -3.35. The first-order chi connectivity index (χ1) is 13.4. The summed E-state index contributed by atoms with van der Waals surface area (Å²) in [5, 5.41) is 0. The number of hydrogen-bond acceptors (Lipinski definition) is 4. The summed E-state index contributed by atoms with van der Waals surface area (Å²) >= 11 is 1.10. The maximum atomic E-state index is 13.2. The van der Waals surface area contributed by atoms with E-state index in [-0.39, 0.29) is 5.56 Å². The van der Waals surface area contributed by atoms with Gasteiger partial charge in [-0.25, -0.2) is 9.00 Å². The molecule has 2 rings (SSSR count). The van der Waals surface area contributed by atoms with Gasteiger partial charge in [0.05, 0.1) is 23.0 Å². The number of alkyl halides is 3. The fraction of sp³-hybridized carbons (Fsp3) is 0.300. The van der Waals surface area contributed by atoms with E-state index in [1.165, 1.54) is 19.4 Å². The van der Waals surface area contributed by atoms with Crippen molar-refractivity contribution < 1.29 is 26.9 Å². The highest BCUT2D eigenvalue weighted by Crippen LogP contribution is 2.36. The van der Waals surface area contributed by atoms with Crippen LogP contribution in [0.1, 0.15) is 42.3 Å². The third kappa shape index (κ3) is 6.17. The third-order valence-corrected chi connectivity index (χ3v) is 6.17. The molecule has 0 amide bonds. The Balaban J connectivity index is 2.51. The SMILES string of the molecule is COC(=O)c1ccccc1Sc1ccc(C(F)(F)F)cc1/C=N/S(=O)C(C)(C)C. The molecule has 0 bridgehead atoms. The summed E-state index contributed by atoms with van der Waals surface area (Å²) in [5.74, 6) is -0.552. The highest BCUT2D eigenvalue weighted by Gasteiger charge is 2.31. The molecule has 1 unspecified atom stereocenters. The van der Waals surface area contributed by atoms with Crippen molar-refractivity contribution in [1.29, 1.82) is 0 Å². The molecule has 4 nitrogen and oxygen atoms in total. The summed E-state index contributed by atoms with van der Waals surface area (Å²) in [6.45, 7) is 5.15. The predicted molar refractivity (Wildman–Crippen MR) is 109 cm³/mol. The Labute approximate surface area is 174 Å². The molecule has 0 heterocycles. The van der Waals surface area contributed by atoms with Gasteiger partial charge in [-0.05, 0) is 51.1 Å². The lowest BCUT2D eigenvalue weighted by atomic mass is 10.1. The van der Waals surface area contributed by atoms with E-state index < -0.39 is 33.4 Å². The highest BCUT2D eigenvalue weighted by atomic mass is 32.2. The number of esters is 1. The molecule has 0 aliphatic carbocycles. The fourth-order valence-electron chi connectivity index (χ4n) is 2.13. The number of hydrogen-bond donors (Lipinski definition) is 0. The molecular formula is C20H20F3NO3S2. The maximum Gasteiger partial charge on any atom is 0.416 e. The Kier molecular flexibility index (Phi) is 7.29. The van der Waals surface area contributed by atoms with Crippen LogP contribution in [0.3, 0.4) is 0 Å². The first-order valence-corrected chi connectivity index (χ1v) is 10.4. The number of carbonyl (C=O) groups is 1. The molecule has 29 heavy (non-hydrogen) atoms. The molecule has 2 aromatic rings. The van der Waals surface area contributed by atoms with E-state index in [9.17, 15) is 22.2 Å². The second-order valence-corrected chi connectivity index (χ2v) is 9.95. The van der Waals surface area contributed by atoms with Gasteiger partial charge in [-0.1, -0.05) is 23.9 Å². The monoisotopic (exact) mass is 443 g/mol. The summed E-state index contributed by atoms with van der Waals surface area (Å²) in [4.78, 5) is 12.9. The fourth-order valence-corrected chi connectivity index (χ4v) is 3.67. The van der Waals surface area contributed by atoms with Crippen LogP contribution in [0, 0.1) is 0 Å². The van der Waals surface area contributed by atoms with E-state index in [0.29, 0.717) is 15.4 Å². The quantitative estimate of drug-likeness (QED) is 0.451. The number of halogens is 3. The molecule has 0 aromatic heterocycles. The lowest BCUT2D eigenvalue weighted by molar-refractivity contribution is -0.137. The van der Waals surface area contributed by atoms with Crippen molar-refractivity contribution in [1.82, 2.24) is 0 Å². The zero-order valence-electron chi connectivity index (χ0n) is 16.2. The molecule has 1 atom stereocenters. The van der Waals surface area contributed by atoms with Crippen LogP contribution in [0.15, 0.2) is 56.7 Å². The van der Waals surface area contributed by atoms with Crippen molar-refractivity contribution in [3.05, 3.63) is 59.2 Å². The highest BCUT2D eigenvalue weighted by molar-refractivity contribution is 7.99. The van der Waals surface area contributed by atoms with Crippen LogP contribution < -0.4 is 0 Å². The number of methoxy groups -OCH3 is 1. The number of ether oxygens (including phenoxy) is 1. The van der Waals surface area contributed by atoms with Crippen molar-refractivity contribution in [2.24, 2.45) is 4.40 Å². The Bertz CT molecular complexity index is 951. The summed E-state index contributed by atoms with van der Waals surface area (Å²) in [6, 6.07) is 9.83. The van der Waals surface area contributed by atoms with Crippen molar-refractivity contribution in [2.45, 2.75) is 41.5 Å². The number of nitrogens with zero attached hydrogens (tertiary/aromatic N) is 1. The number of rotatable bonds is 5. The van der Waals surface area contributed by atoms with Crippen LogP contribution in [-0.4, -0.2) is 28.2 Å². The second kappa shape index (κ2) is 9.13. The first kappa shape index (κ1) is 23.2. The van der Waals surface area contributed by atoms with E-state index in [1.54, 1.807) is 45.0 Å². The summed E-state index contributed by atoms with van der Waals surface area (Å²) < 4.78 is 59.7. The lowest BCUT2D eigenvalue weighted by Crippen LogP contribution is -2.19. The Morgan fingerprint density at radius 2 is 1.76 bits per heavy atom.